The summed E-state index contributed by atoms with van der Waals surface area (Å²) in [7, 11) is 0. The van der Waals surface area contributed by atoms with Crippen molar-refractivity contribution in [3.63, 3.8) is 0 Å². The largest absolute Gasteiger partial charge is 0.501 e. The predicted octanol–water partition coefficient (Wildman–Crippen LogP) is 8.73. The Hall–Kier alpha value is -3.59. The Kier molecular flexibility index (Phi) is 8.33. The molecule has 6 aromatic rings. The zero-order valence-electron chi connectivity index (χ0n) is 21.4. The first kappa shape index (κ1) is 26.5. The van der Waals surface area contributed by atoms with Gasteiger partial charge in [0, 0.05) is 37.9 Å². The molecule has 0 fully saturated rings. The van der Waals surface area contributed by atoms with E-state index in [2.05, 4.69) is 73.2 Å². The maximum atomic E-state index is 6.08. The molecule has 0 saturated carbocycles. The van der Waals surface area contributed by atoms with Crippen LogP contribution < -0.4 is 0 Å². The summed E-state index contributed by atoms with van der Waals surface area (Å²) in [5.41, 5.74) is 9.26. The summed E-state index contributed by atoms with van der Waals surface area (Å²) in [6, 6.07) is 33.0. The van der Waals surface area contributed by atoms with E-state index in [1.54, 1.807) is 6.20 Å². The number of hydrogen-bond donors (Lipinski definition) is 0. The molecule has 4 heteroatoms. The van der Waals surface area contributed by atoms with Crippen molar-refractivity contribution in [1.82, 2.24) is 9.97 Å². The Labute approximate surface area is 232 Å². The number of rotatable bonds is 3. The van der Waals surface area contributed by atoms with Gasteiger partial charge in [0.15, 0.2) is 0 Å². The summed E-state index contributed by atoms with van der Waals surface area (Å²) >= 11 is 0. The van der Waals surface area contributed by atoms with E-state index in [0.29, 0.717) is 5.92 Å². The first-order valence-corrected chi connectivity index (χ1v) is 12.2. The van der Waals surface area contributed by atoms with Gasteiger partial charge in [-0.2, -0.15) is 0 Å². The second kappa shape index (κ2) is 11.6. The zero-order valence-corrected chi connectivity index (χ0v) is 23.8. The molecule has 3 nitrogen and oxygen atoms in total. The van der Waals surface area contributed by atoms with Crippen molar-refractivity contribution in [3.8, 4) is 22.5 Å². The van der Waals surface area contributed by atoms with Gasteiger partial charge in [-0.15, -0.1) is 53.1 Å². The third kappa shape index (κ3) is 5.72. The Bertz CT molecular complexity index is 1600. The van der Waals surface area contributed by atoms with Gasteiger partial charge in [0.25, 0.3) is 0 Å². The maximum Gasteiger partial charge on any atom is 0.120 e. The zero-order chi connectivity index (χ0) is 25.1. The summed E-state index contributed by atoms with van der Waals surface area (Å²) in [6.45, 7) is 8.49. The van der Waals surface area contributed by atoms with Crippen LogP contribution in [-0.2, 0) is 20.1 Å². The van der Waals surface area contributed by atoms with Crippen LogP contribution in [0.15, 0.2) is 95.7 Å². The van der Waals surface area contributed by atoms with Crippen LogP contribution in [0.3, 0.4) is 0 Å². The molecule has 0 N–H and O–H groups in total. The number of nitrogens with zero attached hydrogens (tertiary/aromatic N) is 2. The molecular weight excluding hydrogens is 633 g/mol. The molecule has 37 heavy (non-hydrogen) atoms. The summed E-state index contributed by atoms with van der Waals surface area (Å²) in [5.74, 6) is 0.555. The molecule has 0 aliphatic carbocycles. The van der Waals surface area contributed by atoms with Crippen LogP contribution in [0.25, 0.3) is 44.5 Å². The summed E-state index contributed by atoms with van der Waals surface area (Å²) in [5, 5.41) is 2.30. The average Bonchev–Trinajstić information content (AvgIpc) is 3.31. The van der Waals surface area contributed by atoms with E-state index < -0.39 is 0 Å². The van der Waals surface area contributed by atoms with E-state index in [1.165, 1.54) is 11.1 Å². The van der Waals surface area contributed by atoms with Crippen LogP contribution in [0.1, 0.15) is 36.5 Å². The molecule has 0 aliphatic heterocycles. The monoisotopic (exact) mass is 661 g/mol. The third-order valence-corrected chi connectivity index (χ3v) is 6.26. The number of benzene rings is 3. The van der Waals surface area contributed by atoms with E-state index >= 15 is 0 Å². The minimum Gasteiger partial charge on any atom is -0.501 e. The van der Waals surface area contributed by atoms with Gasteiger partial charge >= 0.3 is 0 Å². The predicted molar refractivity (Wildman–Crippen MR) is 148 cm³/mol. The van der Waals surface area contributed by atoms with Crippen LogP contribution in [0, 0.1) is 26.0 Å². The standard InChI is InChI=1S/C19H14NO.C14H14N.Ir/c1-12-7-10-16(20-11-12)14-9-8-13(2)18-15-5-3-4-6-17(15)21-19(14)18;1-11(2)12-6-8-13(9-7-12)14-5-3-4-10-15-14;/h3-8,10-11H,1-2H3;3-8,10-11H,1-2H3;/q2*-1;. The molecule has 1 radical (unpaired) electrons. The minimum absolute atomic E-state index is 0. The first-order valence-electron chi connectivity index (χ1n) is 12.2. The van der Waals surface area contributed by atoms with Crippen molar-refractivity contribution in [1.29, 1.82) is 0 Å². The summed E-state index contributed by atoms with van der Waals surface area (Å²) in [6.07, 6.45) is 3.68. The Morgan fingerprint density at radius 3 is 2.27 bits per heavy atom. The summed E-state index contributed by atoms with van der Waals surface area (Å²) < 4.78 is 6.08. The van der Waals surface area contributed by atoms with Crippen LogP contribution in [0.4, 0.5) is 0 Å². The fourth-order valence-electron chi connectivity index (χ4n) is 4.21. The van der Waals surface area contributed by atoms with Crippen LogP contribution in [0.2, 0.25) is 0 Å². The molecule has 0 unspecified atom stereocenters. The number of fused-ring (bicyclic) bond motifs is 3. The molecule has 0 atom stereocenters. The van der Waals surface area contributed by atoms with Gasteiger partial charge in [-0.25, -0.2) is 0 Å². The third-order valence-electron chi connectivity index (χ3n) is 6.26. The molecule has 0 saturated heterocycles. The molecule has 187 valence electrons. The number of furan rings is 1. The van der Waals surface area contributed by atoms with Crippen molar-refractivity contribution in [3.05, 3.63) is 120 Å². The van der Waals surface area contributed by atoms with Gasteiger partial charge in [0.05, 0.1) is 5.58 Å². The Balaban J connectivity index is 0.000000178. The fourth-order valence-corrected chi connectivity index (χ4v) is 4.21. The molecule has 0 amide bonds. The Morgan fingerprint density at radius 2 is 1.59 bits per heavy atom. The van der Waals surface area contributed by atoms with Gasteiger partial charge in [-0.1, -0.05) is 80.1 Å². The normalized spacial score (nSPS) is 10.7. The smallest absolute Gasteiger partial charge is 0.120 e. The number of pyridine rings is 2. The molecule has 3 aromatic heterocycles. The first-order chi connectivity index (χ1) is 17.5. The topological polar surface area (TPSA) is 38.9 Å². The summed E-state index contributed by atoms with van der Waals surface area (Å²) in [4.78, 5) is 8.80. The van der Waals surface area contributed by atoms with Gasteiger partial charge in [-0.05, 0) is 36.0 Å². The quantitative estimate of drug-likeness (QED) is 0.178. The van der Waals surface area contributed by atoms with E-state index in [-0.39, 0.29) is 20.1 Å². The van der Waals surface area contributed by atoms with Crippen molar-refractivity contribution in [2.45, 2.75) is 33.6 Å². The molecule has 6 rings (SSSR count). The van der Waals surface area contributed by atoms with Crippen molar-refractivity contribution < 1.29 is 24.5 Å². The number of aryl methyl sites for hydroxylation is 2. The van der Waals surface area contributed by atoms with Crippen LogP contribution in [0.5, 0.6) is 0 Å². The Morgan fingerprint density at radius 1 is 0.784 bits per heavy atom. The van der Waals surface area contributed by atoms with E-state index in [4.69, 9.17) is 4.42 Å². The SMILES string of the molecule is CC(C)c1c[c-]c(-c2ccccn2)cc1.Cc1ccc(-c2[c-]cc(C)c3c2oc2ccccc23)nc1.[Ir]. The minimum atomic E-state index is 0. The van der Waals surface area contributed by atoms with Crippen molar-refractivity contribution in [2.75, 3.05) is 0 Å². The van der Waals surface area contributed by atoms with Crippen molar-refractivity contribution in [2.24, 2.45) is 0 Å². The van der Waals surface area contributed by atoms with Crippen molar-refractivity contribution >= 4 is 21.9 Å². The van der Waals surface area contributed by atoms with Gasteiger partial charge in [-0.3, -0.25) is 0 Å². The maximum absolute atomic E-state index is 6.08. The molecular formula is C33H28IrN2O-2. The molecule has 3 aromatic carbocycles. The molecule has 0 spiro atoms. The molecule has 3 heterocycles. The molecule has 0 bridgehead atoms. The van der Waals surface area contributed by atoms with Gasteiger partial charge in [0.1, 0.15) is 5.58 Å². The van der Waals surface area contributed by atoms with Gasteiger partial charge < -0.3 is 14.4 Å². The second-order valence-electron chi connectivity index (χ2n) is 9.28. The molecule has 0 aliphatic rings. The number of para-hydroxylation sites is 1. The van der Waals surface area contributed by atoms with Crippen LogP contribution in [-0.4, -0.2) is 9.97 Å². The van der Waals surface area contributed by atoms with Crippen LogP contribution >= 0.6 is 0 Å². The van der Waals surface area contributed by atoms with E-state index in [9.17, 15) is 0 Å². The average molecular weight is 661 g/mol. The number of aromatic nitrogens is 2. The fraction of sp³-hybridized carbons (Fsp3) is 0.152. The van der Waals surface area contributed by atoms with E-state index in [1.807, 2.05) is 61.7 Å². The van der Waals surface area contributed by atoms with Gasteiger partial charge in [0.2, 0.25) is 0 Å². The number of hydrogen-bond acceptors (Lipinski definition) is 3. The second-order valence-corrected chi connectivity index (χ2v) is 9.28. The van der Waals surface area contributed by atoms with E-state index in [0.717, 1.165) is 50.0 Å².